The van der Waals surface area contributed by atoms with Gasteiger partial charge in [-0.25, -0.2) is 9.97 Å². The van der Waals surface area contributed by atoms with Crippen molar-refractivity contribution in [2.24, 2.45) is 0 Å². The first-order valence-corrected chi connectivity index (χ1v) is 12.6. The molecule has 5 rings (SSSR count). The molecular formula is C25H27ClN6OS. The number of anilines is 3. The SMILES string of the molecule is CCCCN1CC2(C1)CN(c1nc(N)ncc1Cl)c1cc(C#C[C@@](C)(O)c3nccs3)ccc12. The van der Waals surface area contributed by atoms with Crippen LogP contribution in [0.5, 0.6) is 0 Å². The molecule has 1 saturated heterocycles. The Morgan fingerprint density at radius 1 is 1.29 bits per heavy atom. The van der Waals surface area contributed by atoms with E-state index in [9.17, 15) is 5.11 Å². The highest BCUT2D eigenvalue weighted by atomic mass is 35.5. The number of aromatic nitrogens is 3. The number of aliphatic hydroxyl groups is 1. The van der Waals surface area contributed by atoms with E-state index in [-0.39, 0.29) is 11.4 Å². The average molecular weight is 495 g/mol. The Kier molecular flexibility index (Phi) is 5.98. The molecule has 34 heavy (non-hydrogen) atoms. The molecule has 7 nitrogen and oxygen atoms in total. The molecule has 0 unspecified atom stereocenters. The maximum atomic E-state index is 10.8. The van der Waals surface area contributed by atoms with E-state index < -0.39 is 5.60 Å². The third-order valence-corrected chi connectivity index (χ3v) is 7.75. The van der Waals surface area contributed by atoms with Crippen LogP contribution in [0.25, 0.3) is 0 Å². The predicted molar refractivity (Wildman–Crippen MR) is 136 cm³/mol. The number of nitrogens with two attached hydrogens (primary N) is 1. The van der Waals surface area contributed by atoms with Gasteiger partial charge in [0.1, 0.15) is 10.0 Å². The van der Waals surface area contributed by atoms with E-state index >= 15 is 0 Å². The van der Waals surface area contributed by atoms with Crippen LogP contribution < -0.4 is 10.6 Å². The van der Waals surface area contributed by atoms with Gasteiger partial charge in [0.05, 0.1) is 6.20 Å². The fraction of sp³-hybridized carbons (Fsp3) is 0.400. The minimum absolute atomic E-state index is 0.0183. The van der Waals surface area contributed by atoms with E-state index in [1.807, 2.05) is 11.4 Å². The number of hydrogen-bond donors (Lipinski definition) is 2. The summed E-state index contributed by atoms with van der Waals surface area (Å²) in [6, 6.07) is 6.24. The molecule has 1 atom stereocenters. The third kappa shape index (κ3) is 4.14. The van der Waals surface area contributed by atoms with Crippen molar-refractivity contribution in [2.75, 3.05) is 36.8 Å². The second-order valence-electron chi connectivity index (χ2n) is 9.22. The molecule has 3 aromatic rings. The molecule has 176 valence electrons. The van der Waals surface area contributed by atoms with Crippen LogP contribution in [0.15, 0.2) is 36.0 Å². The minimum atomic E-state index is -1.31. The summed E-state index contributed by atoms with van der Waals surface area (Å²) in [7, 11) is 0. The predicted octanol–water partition coefficient (Wildman–Crippen LogP) is 3.93. The van der Waals surface area contributed by atoms with Crippen molar-refractivity contribution in [1.29, 1.82) is 0 Å². The molecule has 0 radical (unpaired) electrons. The van der Waals surface area contributed by atoms with Gasteiger partial charge in [-0.3, -0.25) is 0 Å². The molecule has 2 aromatic heterocycles. The number of nitrogen functional groups attached to an aromatic ring is 1. The number of halogens is 1. The van der Waals surface area contributed by atoms with Gasteiger partial charge in [0.25, 0.3) is 0 Å². The second-order valence-corrected chi connectivity index (χ2v) is 10.5. The number of thiazole rings is 1. The van der Waals surface area contributed by atoms with E-state index in [0.29, 0.717) is 15.8 Å². The van der Waals surface area contributed by atoms with Gasteiger partial charge in [0.2, 0.25) is 5.95 Å². The highest BCUT2D eigenvalue weighted by Gasteiger charge is 2.51. The molecule has 0 bridgehead atoms. The summed E-state index contributed by atoms with van der Waals surface area (Å²) in [6.07, 6.45) is 5.61. The van der Waals surface area contributed by atoms with E-state index in [1.54, 1.807) is 19.3 Å². The number of rotatable bonds is 5. The number of unbranched alkanes of at least 4 members (excludes halogenated alkanes) is 1. The minimum Gasteiger partial charge on any atom is -0.371 e. The van der Waals surface area contributed by atoms with Crippen LogP contribution >= 0.6 is 22.9 Å². The summed E-state index contributed by atoms with van der Waals surface area (Å²) in [5.41, 5.74) is 7.71. The van der Waals surface area contributed by atoms with Gasteiger partial charge in [-0.15, -0.1) is 11.3 Å². The summed E-state index contributed by atoms with van der Waals surface area (Å²) in [5, 5.41) is 13.6. The zero-order valence-electron chi connectivity index (χ0n) is 19.3. The van der Waals surface area contributed by atoms with Gasteiger partial charge in [-0.2, -0.15) is 4.98 Å². The van der Waals surface area contributed by atoms with Gasteiger partial charge in [-0.05, 0) is 37.6 Å². The molecule has 0 aliphatic carbocycles. The molecule has 4 heterocycles. The van der Waals surface area contributed by atoms with Crippen molar-refractivity contribution in [1.82, 2.24) is 19.9 Å². The number of benzene rings is 1. The first-order valence-electron chi connectivity index (χ1n) is 11.4. The first kappa shape index (κ1) is 23.1. The molecule has 3 N–H and O–H groups in total. The van der Waals surface area contributed by atoms with Crippen LogP contribution in [0.4, 0.5) is 17.5 Å². The normalized spacial score (nSPS) is 18.2. The Bertz CT molecular complexity index is 1260. The Labute approximate surface area is 208 Å². The van der Waals surface area contributed by atoms with Crippen molar-refractivity contribution < 1.29 is 5.11 Å². The van der Waals surface area contributed by atoms with Crippen LogP contribution in [0.3, 0.4) is 0 Å². The van der Waals surface area contributed by atoms with Crippen LogP contribution in [0.2, 0.25) is 5.02 Å². The van der Waals surface area contributed by atoms with E-state index in [0.717, 1.165) is 37.4 Å². The first-order chi connectivity index (χ1) is 16.3. The Morgan fingerprint density at radius 2 is 2.12 bits per heavy atom. The van der Waals surface area contributed by atoms with Crippen molar-refractivity contribution in [2.45, 2.75) is 37.7 Å². The molecule has 0 saturated carbocycles. The smallest absolute Gasteiger partial charge is 0.222 e. The Balaban J connectivity index is 1.51. The molecule has 2 aliphatic rings. The van der Waals surface area contributed by atoms with Crippen LogP contribution in [0.1, 0.15) is 42.8 Å². The van der Waals surface area contributed by atoms with Crippen LogP contribution in [-0.4, -0.2) is 51.1 Å². The lowest BCUT2D eigenvalue weighted by molar-refractivity contribution is 0.0753. The summed E-state index contributed by atoms with van der Waals surface area (Å²) in [4.78, 5) is 17.3. The molecule has 1 spiro atoms. The van der Waals surface area contributed by atoms with Crippen molar-refractivity contribution in [3.8, 4) is 11.8 Å². The maximum absolute atomic E-state index is 10.8. The quantitative estimate of drug-likeness (QED) is 0.519. The lowest BCUT2D eigenvalue weighted by Gasteiger charge is -2.48. The lowest BCUT2D eigenvalue weighted by Crippen LogP contribution is -2.61. The molecule has 1 fully saturated rings. The van der Waals surface area contributed by atoms with Crippen LogP contribution in [-0.2, 0) is 11.0 Å². The highest BCUT2D eigenvalue weighted by Crippen LogP contribution is 2.50. The average Bonchev–Trinajstić information content (AvgIpc) is 3.45. The van der Waals surface area contributed by atoms with Gasteiger partial charge >= 0.3 is 0 Å². The van der Waals surface area contributed by atoms with E-state index in [2.05, 4.69) is 55.6 Å². The van der Waals surface area contributed by atoms with E-state index in [1.165, 1.54) is 29.7 Å². The van der Waals surface area contributed by atoms with Gasteiger partial charge < -0.3 is 20.6 Å². The zero-order chi connectivity index (χ0) is 23.9. The fourth-order valence-electron chi connectivity index (χ4n) is 4.83. The highest BCUT2D eigenvalue weighted by molar-refractivity contribution is 7.09. The summed E-state index contributed by atoms with van der Waals surface area (Å²) in [5.74, 6) is 6.92. The van der Waals surface area contributed by atoms with Crippen molar-refractivity contribution in [3.63, 3.8) is 0 Å². The zero-order valence-corrected chi connectivity index (χ0v) is 20.8. The standard InChI is InChI=1S/C25H27ClN6OS/c1-3-4-10-31-14-25(15-31)16-32(21-19(26)13-29-23(27)30-21)20-12-17(5-6-18(20)25)7-8-24(2,33)22-28-9-11-34-22/h5-6,9,11-13,33H,3-4,10,14-16H2,1-2H3,(H2,27,29,30)/t24-/m1/s1. The summed E-state index contributed by atoms with van der Waals surface area (Å²) < 4.78 is 0. The monoisotopic (exact) mass is 494 g/mol. The van der Waals surface area contributed by atoms with Crippen LogP contribution in [0, 0.1) is 11.8 Å². The topological polar surface area (TPSA) is 91.4 Å². The van der Waals surface area contributed by atoms with Crippen molar-refractivity contribution in [3.05, 3.63) is 57.1 Å². The molecule has 2 aliphatic heterocycles. The van der Waals surface area contributed by atoms with Gasteiger partial charge in [0.15, 0.2) is 11.4 Å². The van der Waals surface area contributed by atoms with Gasteiger partial charge in [0, 0.05) is 47.9 Å². The number of fused-ring (bicyclic) bond motifs is 2. The second kappa shape index (κ2) is 8.82. The summed E-state index contributed by atoms with van der Waals surface area (Å²) in [6.45, 7) is 7.77. The van der Waals surface area contributed by atoms with E-state index in [4.69, 9.17) is 17.3 Å². The Morgan fingerprint density at radius 3 is 2.85 bits per heavy atom. The van der Waals surface area contributed by atoms with Crippen molar-refractivity contribution >= 4 is 40.4 Å². The van der Waals surface area contributed by atoms with Gasteiger partial charge in [-0.1, -0.05) is 42.9 Å². The third-order valence-electron chi connectivity index (χ3n) is 6.50. The number of hydrogen-bond acceptors (Lipinski definition) is 8. The fourth-order valence-corrected chi connectivity index (χ4v) is 5.68. The number of likely N-dealkylation sites (tertiary alicyclic amines) is 1. The molecule has 1 aromatic carbocycles. The molecule has 0 amide bonds. The largest absolute Gasteiger partial charge is 0.371 e. The Hall–Kier alpha value is -2.70. The summed E-state index contributed by atoms with van der Waals surface area (Å²) >= 11 is 7.90. The maximum Gasteiger partial charge on any atom is 0.222 e. The molecule has 9 heteroatoms. The molecular weight excluding hydrogens is 468 g/mol. The number of nitrogens with zero attached hydrogens (tertiary/aromatic N) is 5. The lowest BCUT2D eigenvalue weighted by atomic mass is 9.75.